The maximum absolute atomic E-state index is 12.9. The topological polar surface area (TPSA) is 29.5 Å². The molecule has 3 rings (SSSR count). The molecule has 0 fully saturated rings. The van der Waals surface area contributed by atoms with Crippen LogP contribution in [0.4, 0.5) is 8.78 Å². The van der Waals surface area contributed by atoms with Crippen molar-refractivity contribution >= 4 is 5.91 Å². The number of para-hydroxylation sites is 1. The average Bonchev–Trinajstić information content (AvgIpc) is 2.60. The van der Waals surface area contributed by atoms with Gasteiger partial charge in [-0.2, -0.15) is 0 Å². The number of fused-ring (bicyclic) bond motifs is 1. The van der Waals surface area contributed by atoms with Crippen LogP contribution in [0.1, 0.15) is 11.1 Å². The monoisotopic (exact) mass is 331 g/mol. The highest BCUT2D eigenvalue weighted by atomic mass is 19.3. The largest absolute Gasteiger partial charge is 0.492 e. The maximum Gasteiger partial charge on any atom is 0.255 e. The molecular formula is C19H19F2NO2. The van der Waals surface area contributed by atoms with Gasteiger partial charge in [0, 0.05) is 6.54 Å². The maximum atomic E-state index is 12.9. The Kier molecular flexibility index (Phi) is 5.08. The summed E-state index contributed by atoms with van der Waals surface area (Å²) in [4.78, 5) is 14.0. The normalized spacial score (nSPS) is 16.4. The molecular weight excluding hydrogens is 312 g/mol. The third-order valence-electron chi connectivity index (χ3n) is 4.11. The summed E-state index contributed by atoms with van der Waals surface area (Å²) in [5.74, 6) is 0.0565. The van der Waals surface area contributed by atoms with Gasteiger partial charge in [-0.3, -0.25) is 4.79 Å². The number of carbonyl (C=O) groups is 1. The standard InChI is InChI=1S/C19H19F2NO2/c20-18(21)12-22(11-14-6-2-1-3-7-14)19(23)16-10-15-8-4-5-9-17(15)24-13-16/h1-9,16,18H,10-13H2. The van der Waals surface area contributed by atoms with Crippen molar-refractivity contribution in [3.63, 3.8) is 0 Å². The minimum Gasteiger partial charge on any atom is -0.492 e. The van der Waals surface area contributed by atoms with Crippen molar-refractivity contribution in [1.29, 1.82) is 0 Å². The molecule has 0 saturated carbocycles. The van der Waals surface area contributed by atoms with E-state index in [2.05, 4.69) is 0 Å². The molecule has 3 nitrogen and oxygen atoms in total. The molecule has 126 valence electrons. The van der Waals surface area contributed by atoms with E-state index in [9.17, 15) is 13.6 Å². The second-order valence-electron chi connectivity index (χ2n) is 5.92. The Hall–Kier alpha value is -2.43. The Labute approximate surface area is 139 Å². The van der Waals surface area contributed by atoms with Crippen LogP contribution in [0.15, 0.2) is 54.6 Å². The molecule has 0 saturated heterocycles. The molecule has 0 N–H and O–H groups in total. The van der Waals surface area contributed by atoms with Gasteiger partial charge in [0.1, 0.15) is 12.4 Å². The van der Waals surface area contributed by atoms with Gasteiger partial charge in [0.25, 0.3) is 6.43 Å². The zero-order valence-electron chi connectivity index (χ0n) is 13.2. The first kappa shape index (κ1) is 16.4. The van der Waals surface area contributed by atoms with Crippen LogP contribution in [0.2, 0.25) is 0 Å². The Morgan fingerprint density at radius 3 is 2.58 bits per heavy atom. The Bertz CT molecular complexity index is 691. The van der Waals surface area contributed by atoms with Crippen molar-refractivity contribution in [2.24, 2.45) is 5.92 Å². The SMILES string of the molecule is O=C(C1COc2ccccc2C1)N(Cc1ccccc1)CC(F)F. The van der Waals surface area contributed by atoms with Gasteiger partial charge in [0.15, 0.2) is 0 Å². The second kappa shape index (κ2) is 7.43. The molecule has 0 aliphatic carbocycles. The summed E-state index contributed by atoms with van der Waals surface area (Å²) < 4.78 is 31.5. The first-order chi connectivity index (χ1) is 11.6. The van der Waals surface area contributed by atoms with E-state index in [0.717, 1.165) is 16.9 Å². The van der Waals surface area contributed by atoms with Crippen LogP contribution in [-0.2, 0) is 17.8 Å². The number of ether oxygens (including phenoxy) is 1. The van der Waals surface area contributed by atoms with E-state index in [-0.39, 0.29) is 19.1 Å². The van der Waals surface area contributed by atoms with E-state index in [1.54, 1.807) is 0 Å². The Morgan fingerprint density at radius 1 is 1.12 bits per heavy atom. The zero-order valence-corrected chi connectivity index (χ0v) is 13.2. The van der Waals surface area contributed by atoms with Crippen molar-refractivity contribution in [1.82, 2.24) is 4.90 Å². The van der Waals surface area contributed by atoms with Gasteiger partial charge in [-0.05, 0) is 23.6 Å². The lowest BCUT2D eigenvalue weighted by Gasteiger charge is -2.30. The molecule has 2 aromatic carbocycles. The molecule has 1 amide bonds. The molecule has 1 atom stereocenters. The van der Waals surface area contributed by atoms with Crippen LogP contribution >= 0.6 is 0 Å². The molecule has 0 bridgehead atoms. The minimum atomic E-state index is -2.56. The number of halogens is 2. The zero-order chi connectivity index (χ0) is 16.9. The van der Waals surface area contributed by atoms with Gasteiger partial charge >= 0.3 is 0 Å². The smallest absolute Gasteiger partial charge is 0.255 e. The van der Waals surface area contributed by atoms with Gasteiger partial charge in [-0.25, -0.2) is 8.78 Å². The fourth-order valence-electron chi connectivity index (χ4n) is 2.95. The number of benzene rings is 2. The molecule has 0 spiro atoms. The van der Waals surface area contributed by atoms with E-state index in [4.69, 9.17) is 4.74 Å². The lowest BCUT2D eigenvalue weighted by atomic mass is 9.95. The van der Waals surface area contributed by atoms with Gasteiger partial charge in [-0.15, -0.1) is 0 Å². The van der Waals surface area contributed by atoms with E-state index in [1.165, 1.54) is 4.90 Å². The van der Waals surface area contributed by atoms with E-state index < -0.39 is 18.9 Å². The number of alkyl halides is 2. The highest BCUT2D eigenvalue weighted by molar-refractivity contribution is 5.79. The molecule has 0 aromatic heterocycles. The predicted molar refractivity (Wildman–Crippen MR) is 87.0 cm³/mol. The highest BCUT2D eigenvalue weighted by Crippen LogP contribution is 2.28. The van der Waals surface area contributed by atoms with Crippen LogP contribution in [-0.4, -0.2) is 30.4 Å². The number of hydrogen-bond acceptors (Lipinski definition) is 2. The summed E-state index contributed by atoms with van der Waals surface area (Å²) in [5.41, 5.74) is 1.78. The fourth-order valence-corrected chi connectivity index (χ4v) is 2.95. The quantitative estimate of drug-likeness (QED) is 0.839. The van der Waals surface area contributed by atoms with E-state index >= 15 is 0 Å². The van der Waals surface area contributed by atoms with Crippen molar-refractivity contribution in [2.45, 2.75) is 19.4 Å². The third-order valence-corrected chi connectivity index (χ3v) is 4.11. The van der Waals surface area contributed by atoms with Crippen LogP contribution in [0.3, 0.4) is 0 Å². The molecule has 5 heteroatoms. The summed E-state index contributed by atoms with van der Waals surface area (Å²) in [6.07, 6.45) is -2.04. The Morgan fingerprint density at radius 2 is 1.83 bits per heavy atom. The van der Waals surface area contributed by atoms with Crippen molar-refractivity contribution in [2.75, 3.05) is 13.2 Å². The van der Waals surface area contributed by atoms with Crippen molar-refractivity contribution in [3.05, 3.63) is 65.7 Å². The summed E-state index contributed by atoms with van der Waals surface area (Å²) in [5, 5.41) is 0. The minimum absolute atomic E-state index is 0.183. The molecule has 1 unspecified atom stereocenters. The average molecular weight is 331 g/mol. The molecule has 24 heavy (non-hydrogen) atoms. The summed E-state index contributed by atoms with van der Waals surface area (Å²) in [6, 6.07) is 16.7. The van der Waals surface area contributed by atoms with E-state index in [1.807, 2.05) is 54.6 Å². The number of rotatable bonds is 5. The van der Waals surface area contributed by atoms with Gasteiger partial charge in [0.2, 0.25) is 5.91 Å². The predicted octanol–water partition coefficient (Wildman–Crippen LogP) is 3.53. The number of carbonyl (C=O) groups excluding carboxylic acids is 1. The first-order valence-electron chi connectivity index (χ1n) is 7.95. The van der Waals surface area contributed by atoms with Crippen LogP contribution in [0.5, 0.6) is 5.75 Å². The van der Waals surface area contributed by atoms with Crippen LogP contribution in [0, 0.1) is 5.92 Å². The van der Waals surface area contributed by atoms with Crippen molar-refractivity contribution in [3.8, 4) is 5.75 Å². The molecule has 1 aliphatic heterocycles. The number of hydrogen-bond donors (Lipinski definition) is 0. The third kappa shape index (κ3) is 3.91. The lowest BCUT2D eigenvalue weighted by Crippen LogP contribution is -2.42. The summed E-state index contributed by atoms with van der Waals surface area (Å²) in [6.45, 7) is -0.154. The molecule has 0 radical (unpaired) electrons. The highest BCUT2D eigenvalue weighted by Gasteiger charge is 2.30. The molecule has 1 heterocycles. The van der Waals surface area contributed by atoms with Crippen molar-refractivity contribution < 1.29 is 18.3 Å². The number of amides is 1. The molecule has 2 aromatic rings. The van der Waals surface area contributed by atoms with Crippen LogP contribution in [0.25, 0.3) is 0 Å². The summed E-state index contributed by atoms with van der Waals surface area (Å²) in [7, 11) is 0. The molecule has 1 aliphatic rings. The van der Waals surface area contributed by atoms with Gasteiger partial charge < -0.3 is 9.64 Å². The van der Waals surface area contributed by atoms with Gasteiger partial charge in [-0.1, -0.05) is 48.5 Å². The first-order valence-corrected chi connectivity index (χ1v) is 7.95. The summed E-state index contributed by atoms with van der Waals surface area (Å²) >= 11 is 0. The fraction of sp³-hybridized carbons (Fsp3) is 0.316. The van der Waals surface area contributed by atoms with Gasteiger partial charge in [0.05, 0.1) is 12.5 Å². The number of nitrogens with zero attached hydrogens (tertiary/aromatic N) is 1. The lowest BCUT2D eigenvalue weighted by molar-refractivity contribution is -0.139. The Balaban J connectivity index is 1.74. The second-order valence-corrected chi connectivity index (χ2v) is 5.92. The van der Waals surface area contributed by atoms with Crippen LogP contribution < -0.4 is 4.74 Å². The van der Waals surface area contributed by atoms with E-state index in [0.29, 0.717) is 6.42 Å².